The van der Waals surface area contributed by atoms with Crippen LogP contribution in [0.1, 0.15) is 18.1 Å². The first-order chi connectivity index (χ1) is 7.99. The number of rotatable bonds is 2. The van der Waals surface area contributed by atoms with Gasteiger partial charge in [-0.15, -0.1) is 0 Å². The number of aliphatic hydroxyl groups is 2. The third kappa shape index (κ3) is 2.65. The van der Waals surface area contributed by atoms with Crippen molar-refractivity contribution in [3.8, 4) is 0 Å². The molecule has 1 aromatic carbocycles. The zero-order valence-electron chi connectivity index (χ0n) is 10.2. The van der Waals surface area contributed by atoms with Gasteiger partial charge in [0.25, 0.3) is 0 Å². The van der Waals surface area contributed by atoms with E-state index in [-0.39, 0.29) is 0 Å². The highest BCUT2D eigenvalue weighted by atomic mass is 16.3. The molecular weight excluding hydrogens is 212 g/mol. The minimum absolute atomic E-state index is 0.427. The van der Waals surface area contributed by atoms with E-state index in [1.54, 1.807) is 12.2 Å². The van der Waals surface area contributed by atoms with E-state index < -0.39 is 11.7 Å². The van der Waals surface area contributed by atoms with Gasteiger partial charge in [0, 0.05) is 6.42 Å². The first-order valence-corrected chi connectivity index (χ1v) is 5.83. The second-order valence-electron chi connectivity index (χ2n) is 4.85. The highest BCUT2D eigenvalue weighted by molar-refractivity contribution is 5.33. The van der Waals surface area contributed by atoms with Crippen molar-refractivity contribution in [3.63, 3.8) is 0 Å². The summed E-state index contributed by atoms with van der Waals surface area (Å²) in [5, 5.41) is 20.4. The lowest BCUT2D eigenvalue weighted by molar-refractivity contribution is -0.0153. The van der Waals surface area contributed by atoms with Crippen molar-refractivity contribution < 1.29 is 10.2 Å². The van der Waals surface area contributed by atoms with Crippen molar-refractivity contribution >= 4 is 0 Å². The van der Waals surface area contributed by atoms with E-state index in [2.05, 4.69) is 0 Å². The summed E-state index contributed by atoms with van der Waals surface area (Å²) in [6.45, 7) is 3.93. The molecule has 0 aromatic heterocycles. The Hall–Kier alpha value is -1.38. The number of hydrogen-bond acceptors (Lipinski definition) is 2. The van der Waals surface area contributed by atoms with Gasteiger partial charge in [-0.3, -0.25) is 0 Å². The van der Waals surface area contributed by atoms with Crippen LogP contribution in [0.15, 0.2) is 48.1 Å². The standard InChI is InChI=1S/C15H18O2/c1-11-4-3-5-13(8-11)10-15(17)7-6-12(2)9-14(15)16/h3-9,14,16-17H,10H2,1-2H3. The SMILES string of the molecule is CC1=CC(O)C(O)(Cc2cccc(C)c2)C=C1. The van der Waals surface area contributed by atoms with Crippen molar-refractivity contribution in [2.75, 3.05) is 0 Å². The van der Waals surface area contributed by atoms with Crippen LogP contribution in [0.3, 0.4) is 0 Å². The number of allylic oxidation sites excluding steroid dienone is 2. The van der Waals surface area contributed by atoms with Crippen LogP contribution in [-0.4, -0.2) is 21.9 Å². The summed E-state index contributed by atoms with van der Waals surface area (Å²) in [4.78, 5) is 0. The summed E-state index contributed by atoms with van der Waals surface area (Å²) >= 11 is 0. The van der Waals surface area contributed by atoms with E-state index in [1.165, 1.54) is 0 Å². The summed E-state index contributed by atoms with van der Waals surface area (Å²) in [6.07, 6.45) is 4.82. The average Bonchev–Trinajstić information content (AvgIpc) is 2.25. The molecule has 2 N–H and O–H groups in total. The maximum absolute atomic E-state index is 10.4. The van der Waals surface area contributed by atoms with E-state index in [4.69, 9.17) is 0 Å². The molecule has 0 aliphatic heterocycles. The van der Waals surface area contributed by atoms with E-state index in [1.807, 2.05) is 44.2 Å². The largest absolute Gasteiger partial charge is 0.386 e. The molecule has 0 fully saturated rings. The van der Waals surface area contributed by atoms with E-state index >= 15 is 0 Å². The molecule has 1 aliphatic rings. The Balaban J connectivity index is 2.21. The number of aryl methyl sites for hydroxylation is 1. The van der Waals surface area contributed by atoms with Crippen LogP contribution in [0.5, 0.6) is 0 Å². The smallest absolute Gasteiger partial charge is 0.116 e. The molecule has 0 saturated carbocycles. The second-order valence-corrected chi connectivity index (χ2v) is 4.85. The first kappa shape index (κ1) is 12.1. The highest BCUT2D eigenvalue weighted by Crippen LogP contribution is 2.25. The molecule has 1 aliphatic carbocycles. The Bertz CT molecular complexity index is 474. The third-order valence-corrected chi connectivity index (χ3v) is 3.14. The van der Waals surface area contributed by atoms with Crippen LogP contribution in [-0.2, 0) is 6.42 Å². The molecule has 2 rings (SSSR count). The summed E-state index contributed by atoms with van der Waals surface area (Å²) in [7, 11) is 0. The minimum atomic E-state index is -1.19. The van der Waals surface area contributed by atoms with Gasteiger partial charge in [0.1, 0.15) is 11.7 Å². The Kier molecular flexibility index (Phi) is 3.18. The van der Waals surface area contributed by atoms with Crippen LogP contribution in [0.2, 0.25) is 0 Å². The van der Waals surface area contributed by atoms with Gasteiger partial charge < -0.3 is 10.2 Å². The predicted octanol–water partition coefficient (Wildman–Crippen LogP) is 2.15. The molecular formula is C15H18O2. The number of aliphatic hydroxyl groups excluding tert-OH is 1. The van der Waals surface area contributed by atoms with Crippen molar-refractivity contribution in [1.82, 2.24) is 0 Å². The molecule has 0 saturated heterocycles. The molecule has 0 heterocycles. The molecule has 0 spiro atoms. The van der Waals surface area contributed by atoms with E-state index in [0.29, 0.717) is 6.42 Å². The monoisotopic (exact) mass is 230 g/mol. The fraction of sp³-hybridized carbons (Fsp3) is 0.333. The third-order valence-electron chi connectivity index (χ3n) is 3.14. The molecule has 1 aromatic rings. The lowest BCUT2D eigenvalue weighted by Crippen LogP contribution is -2.42. The van der Waals surface area contributed by atoms with Gasteiger partial charge in [0.15, 0.2) is 0 Å². The van der Waals surface area contributed by atoms with Crippen molar-refractivity contribution in [2.45, 2.75) is 32.0 Å². The average molecular weight is 230 g/mol. The van der Waals surface area contributed by atoms with E-state index in [9.17, 15) is 10.2 Å². The summed E-state index contributed by atoms with van der Waals surface area (Å²) in [6, 6.07) is 7.99. The molecule has 0 bridgehead atoms. The Labute approximate surface area is 102 Å². The maximum atomic E-state index is 10.4. The van der Waals surface area contributed by atoms with Gasteiger partial charge in [-0.25, -0.2) is 0 Å². The Morgan fingerprint density at radius 2 is 2.06 bits per heavy atom. The van der Waals surface area contributed by atoms with Gasteiger partial charge in [-0.2, -0.15) is 0 Å². The van der Waals surface area contributed by atoms with Gasteiger partial charge in [0.05, 0.1) is 0 Å². The van der Waals surface area contributed by atoms with Crippen LogP contribution < -0.4 is 0 Å². The predicted molar refractivity (Wildman–Crippen MR) is 68.7 cm³/mol. The molecule has 0 radical (unpaired) electrons. The zero-order chi connectivity index (χ0) is 12.5. The quantitative estimate of drug-likeness (QED) is 0.817. The number of benzene rings is 1. The molecule has 0 amide bonds. The highest BCUT2D eigenvalue weighted by Gasteiger charge is 2.33. The Morgan fingerprint density at radius 1 is 1.29 bits per heavy atom. The lowest BCUT2D eigenvalue weighted by Gasteiger charge is -2.31. The fourth-order valence-electron chi connectivity index (χ4n) is 2.14. The normalized spacial score (nSPS) is 28.0. The maximum Gasteiger partial charge on any atom is 0.116 e. The van der Waals surface area contributed by atoms with Crippen LogP contribution in [0.4, 0.5) is 0 Å². The molecule has 2 unspecified atom stereocenters. The van der Waals surface area contributed by atoms with E-state index in [0.717, 1.165) is 16.7 Å². The van der Waals surface area contributed by atoms with Gasteiger partial charge in [-0.1, -0.05) is 47.6 Å². The molecule has 2 atom stereocenters. The zero-order valence-corrected chi connectivity index (χ0v) is 10.2. The topological polar surface area (TPSA) is 40.5 Å². The van der Waals surface area contributed by atoms with Gasteiger partial charge in [-0.05, 0) is 25.5 Å². The summed E-state index contributed by atoms with van der Waals surface area (Å²) in [5.41, 5.74) is 1.98. The second kappa shape index (κ2) is 4.47. The summed E-state index contributed by atoms with van der Waals surface area (Å²) < 4.78 is 0. The van der Waals surface area contributed by atoms with Crippen LogP contribution in [0, 0.1) is 6.92 Å². The molecule has 17 heavy (non-hydrogen) atoms. The fourth-order valence-corrected chi connectivity index (χ4v) is 2.14. The first-order valence-electron chi connectivity index (χ1n) is 5.83. The molecule has 90 valence electrons. The van der Waals surface area contributed by atoms with Crippen LogP contribution >= 0.6 is 0 Å². The van der Waals surface area contributed by atoms with Crippen molar-refractivity contribution in [2.24, 2.45) is 0 Å². The molecule has 2 nitrogen and oxygen atoms in total. The summed E-state index contributed by atoms with van der Waals surface area (Å²) in [5.74, 6) is 0. The van der Waals surface area contributed by atoms with Gasteiger partial charge >= 0.3 is 0 Å². The van der Waals surface area contributed by atoms with Crippen molar-refractivity contribution in [3.05, 3.63) is 59.2 Å². The van der Waals surface area contributed by atoms with Crippen molar-refractivity contribution in [1.29, 1.82) is 0 Å². The number of hydrogen-bond donors (Lipinski definition) is 2. The minimum Gasteiger partial charge on any atom is -0.386 e. The molecule has 2 heteroatoms. The Morgan fingerprint density at radius 3 is 2.71 bits per heavy atom. The van der Waals surface area contributed by atoms with Gasteiger partial charge in [0.2, 0.25) is 0 Å². The lowest BCUT2D eigenvalue weighted by atomic mass is 9.84. The van der Waals surface area contributed by atoms with Crippen LogP contribution in [0.25, 0.3) is 0 Å².